The zero-order valence-corrected chi connectivity index (χ0v) is 13.2. The minimum atomic E-state index is -0.805. The van der Waals surface area contributed by atoms with Crippen LogP contribution in [0.15, 0.2) is 36.4 Å². The lowest BCUT2D eigenvalue weighted by Gasteiger charge is -2.08. The second-order valence-corrected chi connectivity index (χ2v) is 5.46. The van der Waals surface area contributed by atoms with E-state index in [9.17, 15) is 13.6 Å². The Kier molecular flexibility index (Phi) is 4.20. The summed E-state index contributed by atoms with van der Waals surface area (Å²) >= 11 is 0. The maximum absolute atomic E-state index is 13.6. The van der Waals surface area contributed by atoms with Crippen LogP contribution < -0.4 is 10.1 Å². The molecule has 2 aromatic carbocycles. The van der Waals surface area contributed by atoms with Gasteiger partial charge >= 0.3 is 0 Å². The van der Waals surface area contributed by atoms with Gasteiger partial charge in [0.2, 0.25) is 5.91 Å². The first-order valence-corrected chi connectivity index (χ1v) is 7.38. The predicted octanol–water partition coefficient (Wildman–Crippen LogP) is 3.94. The Hall–Kier alpha value is -2.89. The van der Waals surface area contributed by atoms with Crippen LogP contribution in [0.3, 0.4) is 0 Å². The number of ether oxygens (including phenoxy) is 1. The zero-order valence-electron chi connectivity index (χ0n) is 13.2. The molecule has 2 N–H and O–H groups in total. The van der Waals surface area contributed by atoms with Crippen LogP contribution in [0.1, 0.15) is 11.3 Å². The van der Waals surface area contributed by atoms with Crippen molar-refractivity contribution in [1.82, 2.24) is 4.98 Å². The quantitative estimate of drug-likeness (QED) is 0.761. The third-order valence-electron chi connectivity index (χ3n) is 3.89. The third-order valence-corrected chi connectivity index (χ3v) is 3.89. The van der Waals surface area contributed by atoms with E-state index in [2.05, 4.69) is 10.3 Å². The molecule has 0 unspecified atom stereocenters. The van der Waals surface area contributed by atoms with Gasteiger partial charge in [-0.1, -0.05) is 6.07 Å². The van der Waals surface area contributed by atoms with Crippen LogP contribution in [-0.2, 0) is 11.2 Å². The molecule has 4 nitrogen and oxygen atoms in total. The number of fused-ring (bicyclic) bond motifs is 1. The molecular weight excluding hydrogens is 314 g/mol. The maximum atomic E-state index is 13.6. The van der Waals surface area contributed by atoms with E-state index in [4.69, 9.17) is 4.74 Å². The molecule has 1 aromatic heterocycles. The molecule has 0 aliphatic carbocycles. The molecule has 1 amide bonds. The van der Waals surface area contributed by atoms with Crippen molar-refractivity contribution in [2.24, 2.45) is 0 Å². The smallest absolute Gasteiger partial charge is 0.229 e. The van der Waals surface area contributed by atoms with Crippen molar-refractivity contribution in [1.29, 1.82) is 0 Å². The molecule has 3 rings (SSSR count). The van der Waals surface area contributed by atoms with E-state index >= 15 is 0 Å². The molecule has 0 saturated heterocycles. The number of aromatic nitrogens is 1. The number of carbonyl (C=O) groups excluding carboxylic acids is 1. The molecule has 6 heteroatoms. The average molecular weight is 330 g/mol. The number of methoxy groups -OCH3 is 1. The summed E-state index contributed by atoms with van der Waals surface area (Å²) in [7, 11) is 1.56. The maximum Gasteiger partial charge on any atom is 0.229 e. The third kappa shape index (κ3) is 2.95. The fourth-order valence-electron chi connectivity index (χ4n) is 2.68. The number of carbonyl (C=O) groups is 1. The topological polar surface area (TPSA) is 54.1 Å². The van der Waals surface area contributed by atoms with Crippen molar-refractivity contribution in [2.45, 2.75) is 13.3 Å². The predicted molar refractivity (Wildman–Crippen MR) is 88.3 cm³/mol. The van der Waals surface area contributed by atoms with E-state index in [-0.39, 0.29) is 6.42 Å². The molecule has 0 aliphatic heterocycles. The van der Waals surface area contributed by atoms with Gasteiger partial charge in [0, 0.05) is 16.6 Å². The number of aryl methyl sites for hydroxylation is 1. The molecule has 0 spiro atoms. The largest absolute Gasteiger partial charge is 0.497 e. The molecule has 0 fully saturated rings. The average Bonchev–Trinajstić information content (AvgIpc) is 2.86. The van der Waals surface area contributed by atoms with Crippen LogP contribution >= 0.6 is 0 Å². The molecule has 3 aromatic rings. The van der Waals surface area contributed by atoms with Gasteiger partial charge in [0.1, 0.15) is 23.1 Å². The summed E-state index contributed by atoms with van der Waals surface area (Å²) in [4.78, 5) is 15.4. The van der Waals surface area contributed by atoms with Gasteiger partial charge in [-0.15, -0.1) is 0 Å². The van der Waals surface area contributed by atoms with Crippen molar-refractivity contribution in [3.05, 3.63) is 59.3 Å². The molecule has 1 heterocycles. The van der Waals surface area contributed by atoms with Gasteiger partial charge in [-0.3, -0.25) is 4.79 Å². The summed E-state index contributed by atoms with van der Waals surface area (Å²) in [5, 5.41) is 3.15. The number of hydrogen-bond donors (Lipinski definition) is 2. The zero-order chi connectivity index (χ0) is 17.3. The van der Waals surface area contributed by atoms with Crippen molar-refractivity contribution in [3.63, 3.8) is 0 Å². The van der Waals surface area contributed by atoms with Crippen LogP contribution in [0.2, 0.25) is 0 Å². The van der Waals surface area contributed by atoms with E-state index in [0.717, 1.165) is 34.3 Å². The summed E-state index contributed by atoms with van der Waals surface area (Å²) < 4.78 is 32.5. The fraction of sp³-hybridized carbons (Fsp3) is 0.167. The molecule has 124 valence electrons. The van der Waals surface area contributed by atoms with E-state index < -0.39 is 23.2 Å². The highest BCUT2D eigenvalue weighted by Gasteiger charge is 2.16. The van der Waals surface area contributed by atoms with Crippen molar-refractivity contribution < 1.29 is 18.3 Å². The number of hydrogen-bond acceptors (Lipinski definition) is 2. The van der Waals surface area contributed by atoms with Crippen molar-refractivity contribution in [2.75, 3.05) is 12.4 Å². The van der Waals surface area contributed by atoms with Gasteiger partial charge in [-0.25, -0.2) is 8.78 Å². The second kappa shape index (κ2) is 6.31. The minimum Gasteiger partial charge on any atom is -0.497 e. The highest BCUT2D eigenvalue weighted by molar-refractivity contribution is 5.96. The Balaban J connectivity index is 1.89. The Bertz CT molecular complexity index is 899. The summed E-state index contributed by atoms with van der Waals surface area (Å²) in [5.41, 5.74) is 2.02. The first kappa shape index (κ1) is 16.0. The first-order chi connectivity index (χ1) is 11.5. The van der Waals surface area contributed by atoms with E-state index in [1.54, 1.807) is 7.11 Å². The molecule has 0 bridgehead atoms. The summed E-state index contributed by atoms with van der Waals surface area (Å²) in [6, 6.07) is 8.94. The number of anilines is 1. The Morgan fingerprint density at radius 1 is 1.21 bits per heavy atom. The van der Waals surface area contributed by atoms with Crippen molar-refractivity contribution in [3.8, 4) is 5.75 Å². The number of aromatic amines is 1. The van der Waals surface area contributed by atoms with Gasteiger partial charge < -0.3 is 15.0 Å². The van der Waals surface area contributed by atoms with Crippen LogP contribution in [0.4, 0.5) is 14.5 Å². The standard InChI is InChI=1S/C18H16F2N2O2/c1-10-12(13-8-11(24-2)6-7-16(13)21-10)9-17(23)22-18-14(19)4-3-5-15(18)20/h3-8,21H,9H2,1-2H3,(H,22,23). The van der Waals surface area contributed by atoms with Crippen LogP contribution in [-0.4, -0.2) is 18.0 Å². The molecule has 0 saturated carbocycles. The molecule has 0 atom stereocenters. The Morgan fingerprint density at radius 2 is 1.92 bits per heavy atom. The Labute approximate surface area is 137 Å². The van der Waals surface area contributed by atoms with E-state index in [1.807, 2.05) is 25.1 Å². The minimum absolute atomic E-state index is 0.00717. The van der Waals surface area contributed by atoms with Gasteiger partial charge in [0.15, 0.2) is 0 Å². The number of halogens is 2. The molecule has 0 aliphatic rings. The van der Waals surface area contributed by atoms with Gasteiger partial charge in [-0.05, 0) is 42.8 Å². The second-order valence-electron chi connectivity index (χ2n) is 5.46. The lowest BCUT2D eigenvalue weighted by Crippen LogP contribution is -2.16. The summed E-state index contributed by atoms with van der Waals surface area (Å²) in [6.45, 7) is 1.85. The normalized spacial score (nSPS) is 10.8. The Morgan fingerprint density at radius 3 is 2.58 bits per heavy atom. The number of rotatable bonds is 4. The first-order valence-electron chi connectivity index (χ1n) is 7.38. The molecule has 24 heavy (non-hydrogen) atoms. The van der Waals surface area contributed by atoms with Gasteiger partial charge in [0.05, 0.1) is 13.5 Å². The van der Waals surface area contributed by atoms with E-state index in [0.29, 0.717) is 5.75 Å². The number of para-hydroxylation sites is 1. The lowest BCUT2D eigenvalue weighted by atomic mass is 10.1. The number of amides is 1. The highest BCUT2D eigenvalue weighted by atomic mass is 19.1. The summed E-state index contributed by atoms with van der Waals surface area (Å²) in [5.74, 6) is -1.43. The van der Waals surface area contributed by atoms with Crippen LogP contribution in [0.25, 0.3) is 10.9 Å². The number of benzene rings is 2. The number of H-pyrrole nitrogens is 1. The summed E-state index contributed by atoms with van der Waals surface area (Å²) in [6.07, 6.45) is -0.00717. The number of nitrogens with one attached hydrogen (secondary N) is 2. The fourth-order valence-corrected chi connectivity index (χ4v) is 2.68. The molecular formula is C18H16F2N2O2. The van der Waals surface area contributed by atoms with E-state index in [1.165, 1.54) is 6.07 Å². The van der Waals surface area contributed by atoms with Gasteiger partial charge in [0.25, 0.3) is 0 Å². The highest BCUT2D eigenvalue weighted by Crippen LogP contribution is 2.27. The van der Waals surface area contributed by atoms with Crippen molar-refractivity contribution >= 4 is 22.5 Å². The monoisotopic (exact) mass is 330 g/mol. The van der Waals surface area contributed by atoms with Gasteiger partial charge in [-0.2, -0.15) is 0 Å². The van der Waals surface area contributed by atoms with Crippen LogP contribution in [0.5, 0.6) is 5.75 Å². The molecule has 0 radical (unpaired) electrons. The SMILES string of the molecule is COc1ccc2[nH]c(C)c(CC(=O)Nc3c(F)cccc3F)c2c1. The lowest BCUT2D eigenvalue weighted by molar-refractivity contribution is -0.115. The van der Waals surface area contributed by atoms with Crippen LogP contribution in [0, 0.1) is 18.6 Å².